The van der Waals surface area contributed by atoms with Crippen molar-refractivity contribution in [1.29, 1.82) is 0 Å². The Bertz CT molecular complexity index is 1260. The van der Waals surface area contributed by atoms with Gasteiger partial charge in [0.25, 0.3) is 0 Å². The minimum Gasteiger partial charge on any atom is -0.490 e. The lowest BCUT2D eigenvalue weighted by molar-refractivity contribution is -0.129. The van der Waals surface area contributed by atoms with Gasteiger partial charge in [0.05, 0.1) is 11.1 Å². The highest BCUT2D eigenvalue weighted by atomic mass is 127. The summed E-state index contributed by atoms with van der Waals surface area (Å²) in [6.07, 6.45) is 1.67. The van der Waals surface area contributed by atoms with Crippen LogP contribution in [0.4, 0.5) is 0 Å². The van der Waals surface area contributed by atoms with Crippen molar-refractivity contribution in [3.63, 3.8) is 0 Å². The Morgan fingerprint density at radius 2 is 1.85 bits per heavy atom. The first-order valence-electron chi connectivity index (χ1n) is 10.0. The molecule has 0 spiro atoms. The predicted octanol–water partition coefficient (Wildman–Crippen LogP) is 7.14. The van der Waals surface area contributed by atoms with Gasteiger partial charge in [0, 0.05) is 13.6 Å². The summed E-state index contributed by atoms with van der Waals surface area (Å²) in [5, 5.41) is 0. The second kappa shape index (κ2) is 10.8. The third-order valence-electron chi connectivity index (χ3n) is 4.62. The van der Waals surface area contributed by atoms with E-state index in [-0.39, 0.29) is 5.70 Å². The average molecular weight is 683 g/mol. The summed E-state index contributed by atoms with van der Waals surface area (Å²) in [7, 11) is 0. The van der Waals surface area contributed by atoms with Gasteiger partial charge in [-0.25, -0.2) is 9.79 Å². The van der Waals surface area contributed by atoms with Gasteiger partial charge >= 0.3 is 5.97 Å². The molecule has 0 unspecified atom stereocenters. The zero-order chi connectivity index (χ0) is 23.4. The van der Waals surface area contributed by atoms with Crippen LogP contribution in [0.25, 0.3) is 6.08 Å². The second-order valence-corrected chi connectivity index (χ2v) is 10.0. The topological polar surface area (TPSA) is 57.1 Å². The Kier molecular flexibility index (Phi) is 7.87. The van der Waals surface area contributed by atoms with Crippen LogP contribution in [0.3, 0.4) is 0 Å². The molecule has 0 saturated carbocycles. The quantitative estimate of drug-likeness (QED) is 0.151. The second-order valence-electron chi connectivity index (χ2n) is 7.02. The summed E-state index contributed by atoms with van der Waals surface area (Å²) in [5.41, 5.74) is 2.73. The van der Waals surface area contributed by atoms with Crippen LogP contribution < -0.4 is 9.47 Å². The van der Waals surface area contributed by atoms with E-state index < -0.39 is 5.97 Å². The van der Waals surface area contributed by atoms with Crippen LogP contribution in [-0.2, 0) is 16.1 Å². The van der Waals surface area contributed by atoms with Gasteiger partial charge in [-0.2, -0.15) is 0 Å². The number of halogens is 3. The highest BCUT2D eigenvalue weighted by Crippen LogP contribution is 2.38. The SMILES string of the molecule is CCOc1cc(/C=C2\N=C(c3ccc(I)cc3)OC2=O)cc(Br)c1OCc1cccc(Br)c1. The lowest BCUT2D eigenvalue weighted by Gasteiger charge is -2.15. The minimum atomic E-state index is -0.493. The van der Waals surface area contributed by atoms with Crippen LogP contribution in [-0.4, -0.2) is 18.5 Å². The molecule has 0 fully saturated rings. The monoisotopic (exact) mass is 681 g/mol. The molecule has 0 aliphatic carbocycles. The molecule has 1 heterocycles. The molecule has 5 nitrogen and oxygen atoms in total. The van der Waals surface area contributed by atoms with E-state index in [2.05, 4.69) is 59.4 Å². The highest BCUT2D eigenvalue weighted by Gasteiger charge is 2.24. The summed E-state index contributed by atoms with van der Waals surface area (Å²) in [6.45, 7) is 2.76. The molecule has 0 saturated heterocycles. The Morgan fingerprint density at radius 3 is 2.58 bits per heavy atom. The predicted molar refractivity (Wildman–Crippen MR) is 144 cm³/mol. The Balaban J connectivity index is 1.61. The maximum Gasteiger partial charge on any atom is 0.363 e. The fraction of sp³-hybridized carbons (Fsp3) is 0.120. The van der Waals surface area contributed by atoms with Crippen molar-refractivity contribution in [2.45, 2.75) is 13.5 Å². The molecule has 4 rings (SSSR count). The lowest BCUT2D eigenvalue weighted by Crippen LogP contribution is -2.05. The maximum absolute atomic E-state index is 12.4. The molecule has 168 valence electrons. The van der Waals surface area contributed by atoms with E-state index in [1.165, 1.54) is 0 Å². The van der Waals surface area contributed by atoms with E-state index in [4.69, 9.17) is 14.2 Å². The van der Waals surface area contributed by atoms with Crippen molar-refractivity contribution in [2.75, 3.05) is 6.61 Å². The average Bonchev–Trinajstić information content (AvgIpc) is 3.14. The lowest BCUT2D eigenvalue weighted by atomic mass is 10.1. The number of ether oxygens (including phenoxy) is 3. The summed E-state index contributed by atoms with van der Waals surface area (Å²) < 4.78 is 20.0. The van der Waals surface area contributed by atoms with Gasteiger partial charge in [0.15, 0.2) is 17.2 Å². The molecule has 0 N–H and O–H groups in total. The zero-order valence-electron chi connectivity index (χ0n) is 17.5. The maximum atomic E-state index is 12.4. The molecular weight excluding hydrogens is 665 g/mol. The molecule has 3 aromatic carbocycles. The van der Waals surface area contributed by atoms with Crippen molar-refractivity contribution >= 4 is 72.4 Å². The highest BCUT2D eigenvalue weighted by molar-refractivity contribution is 14.1. The fourth-order valence-electron chi connectivity index (χ4n) is 3.14. The molecule has 0 aromatic heterocycles. The Labute approximate surface area is 222 Å². The third-order valence-corrected chi connectivity index (χ3v) is 6.42. The normalized spacial score (nSPS) is 14.2. The van der Waals surface area contributed by atoms with Crippen LogP contribution >= 0.6 is 54.5 Å². The van der Waals surface area contributed by atoms with Crippen molar-refractivity contribution in [1.82, 2.24) is 0 Å². The smallest absolute Gasteiger partial charge is 0.363 e. The molecule has 0 atom stereocenters. The summed E-state index contributed by atoms with van der Waals surface area (Å²) in [5.74, 6) is 0.964. The van der Waals surface area contributed by atoms with Crippen LogP contribution in [0.2, 0.25) is 0 Å². The molecule has 33 heavy (non-hydrogen) atoms. The van der Waals surface area contributed by atoms with Gasteiger partial charge in [0.1, 0.15) is 6.61 Å². The van der Waals surface area contributed by atoms with E-state index in [1.54, 1.807) is 6.08 Å². The third kappa shape index (κ3) is 6.04. The van der Waals surface area contributed by atoms with Crippen LogP contribution in [0, 0.1) is 3.57 Å². The van der Waals surface area contributed by atoms with Crippen molar-refractivity contribution in [3.8, 4) is 11.5 Å². The van der Waals surface area contributed by atoms with Crippen molar-refractivity contribution in [2.24, 2.45) is 4.99 Å². The Morgan fingerprint density at radius 1 is 1.06 bits per heavy atom. The van der Waals surface area contributed by atoms with Gasteiger partial charge in [-0.15, -0.1) is 0 Å². The van der Waals surface area contributed by atoms with Crippen molar-refractivity contribution < 1.29 is 19.0 Å². The number of benzene rings is 3. The first-order chi connectivity index (χ1) is 15.9. The Hall–Kier alpha value is -2.17. The molecule has 1 aliphatic heterocycles. The molecule has 0 amide bonds. The summed E-state index contributed by atoms with van der Waals surface area (Å²) in [6, 6.07) is 19.2. The van der Waals surface area contributed by atoms with E-state index in [0.29, 0.717) is 35.1 Å². The number of hydrogen-bond acceptors (Lipinski definition) is 5. The molecule has 8 heteroatoms. The van der Waals surface area contributed by atoms with E-state index in [9.17, 15) is 4.79 Å². The van der Waals surface area contributed by atoms with E-state index in [0.717, 1.165) is 24.7 Å². The van der Waals surface area contributed by atoms with Gasteiger partial charge < -0.3 is 14.2 Å². The van der Waals surface area contributed by atoms with Crippen LogP contribution in [0.5, 0.6) is 11.5 Å². The number of carbonyl (C=O) groups is 1. The van der Waals surface area contributed by atoms with Gasteiger partial charge in [0.2, 0.25) is 5.90 Å². The number of esters is 1. The first-order valence-corrected chi connectivity index (χ1v) is 12.7. The van der Waals surface area contributed by atoms with Gasteiger partial charge in [-0.1, -0.05) is 28.1 Å². The minimum absolute atomic E-state index is 0.223. The zero-order valence-corrected chi connectivity index (χ0v) is 22.8. The number of cyclic esters (lactones) is 1. The number of carbonyl (C=O) groups excluding carboxylic acids is 1. The largest absolute Gasteiger partial charge is 0.490 e. The van der Waals surface area contributed by atoms with E-state index >= 15 is 0 Å². The number of hydrogen-bond donors (Lipinski definition) is 0. The standard InChI is InChI=1S/C25H18Br2INO4/c1-2-31-22-13-16(11-20(27)23(22)32-14-15-4-3-5-18(26)10-15)12-21-25(30)33-24(29-21)17-6-8-19(28)9-7-17/h3-13H,2,14H2,1H3/b21-12-. The first kappa shape index (κ1) is 24.0. The summed E-state index contributed by atoms with van der Waals surface area (Å²) >= 11 is 9.28. The molecule has 1 aliphatic rings. The number of rotatable bonds is 7. The molecule has 0 bridgehead atoms. The molecular formula is C25H18Br2INO4. The van der Waals surface area contributed by atoms with Crippen LogP contribution in [0.1, 0.15) is 23.6 Å². The van der Waals surface area contributed by atoms with Crippen molar-refractivity contribution in [3.05, 3.63) is 95.6 Å². The van der Waals surface area contributed by atoms with E-state index in [1.807, 2.05) is 67.6 Å². The number of aliphatic imine (C=N–C) groups is 1. The van der Waals surface area contributed by atoms with Crippen LogP contribution in [0.15, 0.2) is 80.3 Å². The fourth-order valence-corrected chi connectivity index (χ4v) is 4.52. The number of nitrogens with zero attached hydrogens (tertiary/aromatic N) is 1. The van der Waals surface area contributed by atoms with Gasteiger partial charge in [-0.3, -0.25) is 0 Å². The molecule has 3 aromatic rings. The summed E-state index contributed by atoms with van der Waals surface area (Å²) in [4.78, 5) is 16.8. The molecule has 0 radical (unpaired) electrons. The van der Waals surface area contributed by atoms with Gasteiger partial charge in [-0.05, 0) is 111 Å².